The zero-order valence-corrected chi connectivity index (χ0v) is 19.1. The number of piperazine rings is 1. The van der Waals surface area contributed by atoms with Gasteiger partial charge in [0.05, 0.1) is 25.9 Å². The van der Waals surface area contributed by atoms with Crippen LogP contribution in [0.5, 0.6) is 11.5 Å². The quantitative estimate of drug-likeness (QED) is 0.572. The molecule has 0 unspecified atom stereocenters. The normalized spacial score (nSPS) is 15.0. The van der Waals surface area contributed by atoms with E-state index in [1.54, 1.807) is 44.7 Å². The Kier molecular flexibility index (Phi) is 7.42. The van der Waals surface area contributed by atoms with Crippen LogP contribution < -0.4 is 19.7 Å². The Morgan fingerprint density at radius 3 is 2.39 bits per heavy atom. The van der Waals surface area contributed by atoms with Gasteiger partial charge in [-0.2, -0.15) is 0 Å². The van der Waals surface area contributed by atoms with Crippen molar-refractivity contribution in [2.45, 2.75) is 6.04 Å². The van der Waals surface area contributed by atoms with Crippen molar-refractivity contribution in [1.29, 1.82) is 0 Å². The molecular formula is C26H30N4O3. The van der Waals surface area contributed by atoms with Crippen molar-refractivity contribution in [2.75, 3.05) is 51.8 Å². The monoisotopic (exact) mass is 446 g/mol. The number of methoxy groups -OCH3 is 2. The van der Waals surface area contributed by atoms with Crippen LogP contribution in [0.1, 0.15) is 22.0 Å². The summed E-state index contributed by atoms with van der Waals surface area (Å²) in [6.07, 6.45) is 3.66. The van der Waals surface area contributed by atoms with Gasteiger partial charge < -0.3 is 19.7 Å². The van der Waals surface area contributed by atoms with Gasteiger partial charge in [-0.1, -0.05) is 18.2 Å². The van der Waals surface area contributed by atoms with Gasteiger partial charge in [-0.25, -0.2) is 0 Å². The number of nitrogens with one attached hydrogen (secondary N) is 1. The van der Waals surface area contributed by atoms with E-state index in [9.17, 15) is 4.79 Å². The number of pyridine rings is 1. The van der Waals surface area contributed by atoms with Gasteiger partial charge in [0, 0.05) is 50.7 Å². The summed E-state index contributed by atoms with van der Waals surface area (Å²) in [5.74, 6) is 1.52. The Labute approximate surface area is 195 Å². The second-order valence-electron chi connectivity index (χ2n) is 7.94. The number of benzene rings is 2. The molecule has 7 nitrogen and oxygen atoms in total. The second-order valence-corrected chi connectivity index (χ2v) is 7.94. The van der Waals surface area contributed by atoms with Crippen molar-refractivity contribution in [3.63, 3.8) is 0 Å². The minimum Gasteiger partial charge on any atom is -0.497 e. The molecule has 1 N–H and O–H groups in total. The zero-order chi connectivity index (χ0) is 23.0. The van der Waals surface area contributed by atoms with E-state index in [-0.39, 0.29) is 11.9 Å². The van der Waals surface area contributed by atoms with Gasteiger partial charge in [0.2, 0.25) is 0 Å². The van der Waals surface area contributed by atoms with E-state index < -0.39 is 0 Å². The molecule has 0 aliphatic carbocycles. The predicted octanol–water partition coefficient (Wildman–Crippen LogP) is 3.39. The predicted molar refractivity (Wildman–Crippen MR) is 129 cm³/mol. The number of hydrogen-bond donors (Lipinski definition) is 1. The number of aromatic nitrogens is 1. The van der Waals surface area contributed by atoms with Gasteiger partial charge in [-0.05, 0) is 48.0 Å². The fourth-order valence-corrected chi connectivity index (χ4v) is 4.23. The van der Waals surface area contributed by atoms with E-state index >= 15 is 0 Å². The van der Waals surface area contributed by atoms with Gasteiger partial charge in [-0.15, -0.1) is 0 Å². The maximum Gasteiger partial charge on any atom is 0.251 e. The highest BCUT2D eigenvalue weighted by atomic mass is 16.5. The van der Waals surface area contributed by atoms with Gasteiger partial charge in [0.1, 0.15) is 11.5 Å². The lowest BCUT2D eigenvalue weighted by atomic mass is 10.1. The lowest BCUT2D eigenvalue weighted by molar-refractivity contribution is 0.0930. The first kappa shape index (κ1) is 22.6. The van der Waals surface area contributed by atoms with E-state index in [1.165, 1.54) is 0 Å². The number of carbonyl (C=O) groups is 1. The topological polar surface area (TPSA) is 66.9 Å². The molecule has 1 amide bonds. The number of para-hydroxylation sites is 2. The average Bonchev–Trinajstić information content (AvgIpc) is 2.89. The maximum absolute atomic E-state index is 12.8. The molecule has 1 fully saturated rings. The van der Waals surface area contributed by atoms with Crippen LogP contribution in [0, 0.1) is 0 Å². The van der Waals surface area contributed by atoms with Crippen molar-refractivity contribution in [2.24, 2.45) is 0 Å². The average molecular weight is 447 g/mol. The molecule has 0 radical (unpaired) electrons. The molecule has 1 saturated heterocycles. The Bertz CT molecular complexity index is 1030. The molecule has 1 atom stereocenters. The summed E-state index contributed by atoms with van der Waals surface area (Å²) in [5, 5.41) is 3.11. The molecule has 2 aromatic carbocycles. The summed E-state index contributed by atoms with van der Waals surface area (Å²) >= 11 is 0. The van der Waals surface area contributed by atoms with E-state index in [0.717, 1.165) is 48.9 Å². The molecular weight excluding hydrogens is 416 g/mol. The Balaban J connectivity index is 1.44. The van der Waals surface area contributed by atoms with Crippen molar-refractivity contribution in [1.82, 2.24) is 15.2 Å². The van der Waals surface area contributed by atoms with E-state index in [2.05, 4.69) is 32.2 Å². The third kappa shape index (κ3) is 5.43. The van der Waals surface area contributed by atoms with Crippen LogP contribution in [-0.2, 0) is 0 Å². The Morgan fingerprint density at radius 1 is 0.970 bits per heavy atom. The van der Waals surface area contributed by atoms with E-state index in [4.69, 9.17) is 9.47 Å². The molecule has 7 heteroatoms. The molecule has 3 aromatic rings. The number of amides is 1. The fraction of sp³-hybridized carbons (Fsp3) is 0.308. The smallest absolute Gasteiger partial charge is 0.251 e. The highest BCUT2D eigenvalue weighted by Crippen LogP contribution is 2.30. The fourth-order valence-electron chi connectivity index (χ4n) is 4.23. The largest absolute Gasteiger partial charge is 0.497 e. The number of nitrogens with zero attached hydrogens (tertiary/aromatic N) is 3. The lowest BCUT2D eigenvalue weighted by Gasteiger charge is -2.40. The highest BCUT2D eigenvalue weighted by Gasteiger charge is 2.27. The number of rotatable bonds is 8. The van der Waals surface area contributed by atoms with Crippen LogP contribution in [-0.4, -0.2) is 62.7 Å². The van der Waals surface area contributed by atoms with Crippen molar-refractivity contribution in [3.8, 4) is 11.5 Å². The van der Waals surface area contributed by atoms with Crippen LogP contribution in [0.2, 0.25) is 0 Å². The number of ether oxygens (including phenoxy) is 2. The summed E-state index contributed by atoms with van der Waals surface area (Å²) in [7, 11) is 3.32. The molecule has 0 bridgehead atoms. The first-order valence-corrected chi connectivity index (χ1v) is 11.1. The van der Waals surface area contributed by atoms with E-state index in [1.807, 2.05) is 30.5 Å². The molecule has 2 heterocycles. The molecule has 0 spiro atoms. The van der Waals surface area contributed by atoms with E-state index in [0.29, 0.717) is 12.1 Å². The highest BCUT2D eigenvalue weighted by molar-refractivity contribution is 5.94. The second kappa shape index (κ2) is 10.8. The van der Waals surface area contributed by atoms with Crippen molar-refractivity contribution in [3.05, 3.63) is 84.2 Å². The van der Waals surface area contributed by atoms with Crippen LogP contribution in [0.15, 0.2) is 73.1 Å². The number of carbonyl (C=O) groups excluding carboxylic acids is 1. The molecule has 172 valence electrons. The van der Waals surface area contributed by atoms with Crippen LogP contribution in [0.4, 0.5) is 5.69 Å². The summed E-state index contributed by atoms with van der Waals surface area (Å²) in [4.78, 5) is 21.8. The molecule has 1 aliphatic heterocycles. The zero-order valence-electron chi connectivity index (χ0n) is 19.1. The van der Waals surface area contributed by atoms with Crippen LogP contribution >= 0.6 is 0 Å². The molecule has 4 rings (SSSR count). The molecule has 33 heavy (non-hydrogen) atoms. The van der Waals surface area contributed by atoms with Gasteiger partial charge in [0.25, 0.3) is 5.91 Å². The third-order valence-corrected chi connectivity index (χ3v) is 6.06. The van der Waals surface area contributed by atoms with Crippen molar-refractivity contribution < 1.29 is 14.3 Å². The molecule has 1 aromatic heterocycles. The standard InChI is InChI=1S/C26H30N4O3/c1-32-22-11-9-20(10-12-22)26(31)28-19-24(21-6-5-13-27-18-21)30-16-14-29(15-17-30)23-7-3-4-8-25(23)33-2/h3-13,18,24H,14-17,19H2,1-2H3,(H,28,31)/t24-/m1/s1. The van der Waals surface area contributed by atoms with Crippen molar-refractivity contribution >= 4 is 11.6 Å². The lowest BCUT2D eigenvalue weighted by Crippen LogP contribution is -2.50. The van der Waals surface area contributed by atoms with Crippen LogP contribution in [0.3, 0.4) is 0 Å². The van der Waals surface area contributed by atoms with Crippen LogP contribution in [0.25, 0.3) is 0 Å². The Morgan fingerprint density at radius 2 is 1.73 bits per heavy atom. The maximum atomic E-state index is 12.8. The minimum atomic E-state index is -0.0980. The molecule has 0 saturated carbocycles. The summed E-state index contributed by atoms with van der Waals surface area (Å²) in [6, 6.07) is 19.3. The van der Waals surface area contributed by atoms with Gasteiger partial charge >= 0.3 is 0 Å². The summed E-state index contributed by atoms with van der Waals surface area (Å²) < 4.78 is 10.7. The van der Waals surface area contributed by atoms with Gasteiger partial charge in [-0.3, -0.25) is 14.7 Å². The SMILES string of the molecule is COc1ccc(C(=O)NC[C@H](c2cccnc2)N2CCN(c3ccccc3OC)CC2)cc1. The molecule has 1 aliphatic rings. The first-order valence-electron chi connectivity index (χ1n) is 11.1. The summed E-state index contributed by atoms with van der Waals surface area (Å²) in [5.41, 5.74) is 2.82. The third-order valence-electron chi connectivity index (χ3n) is 6.06. The number of anilines is 1. The Hall–Kier alpha value is -3.58. The summed E-state index contributed by atoms with van der Waals surface area (Å²) in [6.45, 7) is 4.00. The number of hydrogen-bond acceptors (Lipinski definition) is 6. The minimum absolute atomic E-state index is 0.0423. The first-order chi connectivity index (χ1) is 16.2. The van der Waals surface area contributed by atoms with Gasteiger partial charge in [0.15, 0.2) is 0 Å².